The normalized spacial score (nSPS) is 14.9. The predicted octanol–water partition coefficient (Wildman–Crippen LogP) is 2.90. The summed E-state index contributed by atoms with van der Waals surface area (Å²) in [6, 6.07) is 4.84. The maximum Gasteiger partial charge on any atom is 0.213 e. The third kappa shape index (κ3) is 4.73. The fourth-order valence-electron chi connectivity index (χ4n) is 1.72. The van der Waals surface area contributed by atoms with E-state index >= 15 is 0 Å². The van der Waals surface area contributed by atoms with Gasteiger partial charge in [0.1, 0.15) is 0 Å². The first-order valence-corrected chi connectivity index (χ1v) is 6.69. The number of aromatic nitrogens is 1. The molecule has 0 saturated heterocycles. The Kier molecular flexibility index (Phi) is 4.80. The van der Waals surface area contributed by atoms with Crippen LogP contribution < -0.4 is 10.1 Å². The largest absolute Gasteiger partial charge is 0.478 e. The summed E-state index contributed by atoms with van der Waals surface area (Å²) < 4.78 is 5.63. The van der Waals surface area contributed by atoms with Crippen molar-refractivity contribution in [1.29, 1.82) is 0 Å². The second-order valence-electron chi connectivity index (χ2n) is 4.71. The fraction of sp³-hybridized carbons (Fsp3) is 0.643. The standard InChI is InChI=1S/C14H22N2O/c1-2-3-4-9-17-14-10-12(7-8-15-14)11-16-13-5-6-13/h7-8,10,13,16H,2-6,9,11H2,1H3. The van der Waals surface area contributed by atoms with Gasteiger partial charge in [0.25, 0.3) is 0 Å². The van der Waals surface area contributed by atoms with Gasteiger partial charge in [-0.3, -0.25) is 0 Å². The lowest BCUT2D eigenvalue weighted by molar-refractivity contribution is 0.294. The van der Waals surface area contributed by atoms with Crippen LogP contribution in [-0.2, 0) is 6.54 Å². The summed E-state index contributed by atoms with van der Waals surface area (Å²) in [5, 5.41) is 3.49. The Morgan fingerprint density at radius 1 is 1.41 bits per heavy atom. The van der Waals surface area contributed by atoms with E-state index < -0.39 is 0 Å². The van der Waals surface area contributed by atoms with Crippen LogP contribution in [0.5, 0.6) is 5.88 Å². The van der Waals surface area contributed by atoms with Gasteiger partial charge in [-0.1, -0.05) is 19.8 Å². The van der Waals surface area contributed by atoms with Gasteiger partial charge in [0.15, 0.2) is 0 Å². The van der Waals surface area contributed by atoms with Crippen molar-refractivity contribution in [3.8, 4) is 5.88 Å². The predicted molar refractivity (Wildman–Crippen MR) is 69.1 cm³/mol. The van der Waals surface area contributed by atoms with E-state index in [0.29, 0.717) is 0 Å². The molecule has 0 amide bonds. The quantitative estimate of drug-likeness (QED) is 0.702. The molecule has 17 heavy (non-hydrogen) atoms. The molecule has 0 bridgehead atoms. The van der Waals surface area contributed by atoms with Crippen molar-refractivity contribution in [1.82, 2.24) is 10.3 Å². The van der Waals surface area contributed by atoms with Crippen LogP contribution in [0.1, 0.15) is 44.6 Å². The van der Waals surface area contributed by atoms with Crippen LogP contribution in [0.4, 0.5) is 0 Å². The number of pyridine rings is 1. The molecule has 0 spiro atoms. The molecule has 1 saturated carbocycles. The minimum absolute atomic E-state index is 0.747. The van der Waals surface area contributed by atoms with Crippen LogP contribution in [-0.4, -0.2) is 17.6 Å². The van der Waals surface area contributed by atoms with Crippen LogP contribution in [0, 0.1) is 0 Å². The number of ether oxygens (including phenoxy) is 1. The number of unbranched alkanes of at least 4 members (excludes halogenated alkanes) is 2. The zero-order valence-corrected chi connectivity index (χ0v) is 10.6. The third-order valence-corrected chi connectivity index (χ3v) is 2.97. The summed E-state index contributed by atoms with van der Waals surface area (Å²) in [6.07, 6.45) is 8.05. The maximum absolute atomic E-state index is 5.63. The molecule has 1 aromatic rings. The number of rotatable bonds is 8. The summed E-state index contributed by atoms with van der Waals surface area (Å²) in [5.74, 6) is 0.760. The van der Waals surface area contributed by atoms with Gasteiger partial charge in [-0.15, -0.1) is 0 Å². The molecule has 1 aliphatic carbocycles. The van der Waals surface area contributed by atoms with Gasteiger partial charge in [0.2, 0.25) is 5.88 Å². The van der Waals surface area contributed by atoms with Crippen molar-refractivity contribution in [2.24, 2.45) is 0 Å². The van der Waals surface area contributed by atoms with Crippen LogP contribution in [0.3, 0.4) is 0 Å². The van der Waals surface area contributed by atoms with E-state index in [1.165, 1.54) is 31.2 Å². The SMILES string of the molecule is CCCCCOc1cc(CNC2CC2)ccn1. The molecule has 94 valence electrons. The molecule has 1 aliphatic rings. The summed E-state index contributed by atoms with van der Waals surface area (Å²) in [6.45, 7) is 3.90. The average Bonchev–Trinajstić information content (AvgIpc) is 3.17. The Labute approximate surface area is 104 Å². The van der Waals surface area contributed by atoms with Crippen LogP contribution in [0.2, 0.25) is 0 Å². The number of hydrogen-bond acceptors (Lipinski definition) is 3. The molecule has 1 aromatic heterocycles. The van der Waals surface area contributed by atoms with Crippen molar-refractivity contribution in [3.63, 3.8) is 0 Å². The molecule has 0 unspecified atom stereocenters. The van der Waals surface area contributed by atoms with Crippen LogP contribution in [0.15, 0.2) is 18.3 Å². The first kappa shape index (κ1) is 12.4. The number of nitrogens with one attached hydrogen (secondary N) is 1. The number of nitrogens with zero attached hydrogens (tertiary/aromatic N) is 1. The van der Waals surface area contributed by atoms with Crippen molar-refractivity contribution >= 4 is 0 Å². The summed E-state index contributed by atoms with van der Waals surface area (Å²) in [5.41, 5.74) is 1.26. The maximum atomic E-state index is 5.63. The highest BCUT2D eigenvalue weighted by atomic mass is 16.5. The monoisotopic (exact) mass is 234 g/mol. The van der Waals surface area contributed by atoms with Crippen molar-refractivity contribution < 1.29 is 4.74 Å². The lowest BCUT2D eigenvalue weighted by Gasteiger charge is -2.07. The molecule has 0 radical (unpaired) electrons. The average molecular weight is 234 g/mol. The Bertz CT molecular complexity index is 337. The zero-order valence-electron chi connectivity index (χ0n) is 10.6. The Hall–Kier alpha value is -1.09. The molecule has 0 aromatic carbocycles. The van der Waals surface area contributed by atoms with E-state index in [0.717, 1.165) is 31.5 Å². The van der Waals surface area contributed by atoms with E-state index in [4.69, 9.17) is 4.74 Å². The number of hydrogen-bond donors (Lipinski definition) is 1. The third-order valence-electron chi connectivity index (χ3n) is 2.97. The highest BCUT2D eigenvalue weighted by Gasteiger charge is 2.19. The highest BCUT2D eigenvalue weighted by Crippen LogP contribution is 2.19. The van der Waals surface area contributed by atoms with E-state index in [2.05, 4.69) is 17.2 Å². The lowest BCUT2D eigenvalue weighted by atomic mass is 10.2. The molecule has 0 atom stereocenters. The van der Waals surface area contributed by atoms with E-state index in [9.17, 15) is 0 Å². The Morgan fingerprint density at radius 3 is 3.06 bits per heavy atom. The van der Waals surface area contributed by atoms with E-state index in [-0.39, 0.29) is 0 Å². The highest BCUT2D eigenvalue weighted by molar-refractivity contribution is 5.20. The minimum Gasteiger partial charge on any atom is -0.478 e. The summed E-state index contributed by atoms with van der Waals surface area (Å²) >= 11 is 0. The smallest absolute Gasteiger partial charge is 0.213 e. The molecular formula is C14H22N2O. The molecule has 3 nitrogen and oxygen atoms in total. The van der Waals surface area contributed by atoms with Gasteiger partial charge < -0.3 is 10.1 Å². The second kappa shape index (κ2) is 6.60. The van der Waals surface area contributed by atoms with Gasteiger partial charge in [-0.2, -0.15) is 0 Å². The summed E-state index contributed by atoms with van der Waals surface area (Å²) in [7, 11) is 0. The lowest BCUT2D eigenvalue weighted by Crippen LogP contribution is -2.15. The Balaban J connectivity index is 1.74. The minimum atomic E-state index is 0.747. The first-order chi connectivity index (χ1) is 8.38. The van der Waals surface area contributed by atoms with Crippen LogP contribution >= 0.6 is 0 Å². The Morgan fingerprint density at radius 2 is 2.29 bits per heavy atom. The first-order valence-electron chi connectivity index (χ1n) is 6.69. The van der Waals surface area contributed by atoms with Crippen molar-refractivity contribution in [2.75, 3.05) is 6.61 Å². The van der Waals surface area contributed by atoms with E-state index in [1.807, 2.05) is 18.3 Å². The van der Waals surface area contributed by atoms with Gasteiger partial charge in [-0.05, 0) is 30.9 Å². The fourth-order valence-corrected chi connectivity index (χ4v) is 1.72. The molecule has 3 heteroatoms. The molecule has 0 aliphatic heterocycles. The van der Waals surface area contributed by atoms with Gasteiger partial charge in [0, 0.05) is 24.8 Å². The molecule has 2 rings (SSSR count). The van der Waals surface area contributed by atoms with Gasteiger partial charge in [0.05, 0.1) is 6.61 Å². The molecule has 1 N–H and O–H groups in total. The summed E-state index contributed by atoms with van der Waals surface area (Å²) in [4.78, 5) is 4.23. The molecular weight excluding hydrogens is 212 g/mol. The van der Waals surface area contributed by atoms with Crippen molar-refractivity contribution in [2.45, 2.75) is 51.6 Å². The van der Waals surface area contributed by atoms with Gasteiger partial charge in [-0.25, -0.2) is 4.98 Å². The van der Waals surface area contributed by atoms with Crippen LogP contribution in [0.25, 0.3) is 0 Å². The van der Waals surface area contributed by atoms with Crippen molar-refractivity contribution in [3.05, 3.63) is 23.9 Å². The van der Waals surface area contributed by atoms with Gasteiger partial charge >= 0.3 is 0 Å². The zero-order chi connectivity index (χ0) is 11.9. The molecule has 1 fully saturated rings. The topological polar surface area (TPSA) is 34.1 Å². The van der Waals surface area contributed by atoms with E-state index in [1.54, 1.807) is 0 Å². The molecule has 1 heterocycles. The second-order valence-corrected chi connectivity index (χ2v) is 4.71.